The van der Waals surface area contributed by atoms with Gasteiger partial charge in [-0.15, -0.1) is 0 Å². The third-order valence-electron chi connectivity index (χ3n) is 6.25. The molecular weight excluding hydrogens is 540 g/mol. The molecule has 38 heavy (non-hydrogen) atoms. The molecule has 1 saturated heterocycles. The van der Waals surface area contributed by atoms with Gasteiger partial charge in [-0.05, 0) is 70.1 Å². The number of rotatable bonds is 9. The van der Waals surface area contributed by atoms with Gasteiger partial charge in [0.25, 0.3) is 0 Å². The van der Waals surface area contributed by atoms with Gasteiger partial charge >= 0.3 is 6.09 Å². The molecule has 0 bridgehead atoms. The Morgan fingerprint density at radius 1 is 1.29 bits per heavy atom. The molecule has 1 amide bonds. The molecule has 0 radical (unpaired) electrons. The molecular formula is C26H39ClN6O3SSi. The highest BCUT2D eigenvalue weighted by atomic mass is 35.5. The lowest BCUT2D eigenvalue weighted by molar-refractivity contribution is 0.0288. The van der Waals surface area contributed by atoms with Gasteiger partial charge in [0.15, 0.2) is 0 Å². The summed E-state index contributed by atoms with van der Waals surface area (Å²) >= 11 is 8.13. The fraction of sp³-hybridized carbons (Fsp3) is 0.615. The lowest BCUT2D eigenvalue weighted by Crippen LogP contribution is -2.35. The van der Waals surface area contributed by atoms with Crippen molar-refractivity contribution in [2.75, 3.05) is 25.0 Å². The van der Waals surface area contributed by atoms with Crippen LogP contribution in [0.3, 0.4) is 0 Å². The van der Waals surface area contributed by atoms with Crippen LogP contribution in [0.2, 0.25) is 30.7 Å². The molecule has 0 spiro atoms. The summed E-state index contributed by atoms with van der Waals surface area (Å²) in [6, 6.07) is 3.06. The maximum absolute atomic E-state index is 12.6. The number of nitrogens with one attached hydrogen (secondary N) is 1. The van der Waals surface area contributed by atoms with Crippen molar-refractivity contribution in [2.24, 2.45) is 5.92 Å². The van der Waals surface area contributed by atoms with Crippen LogP contribution in [-0.2, 0) is 22.6 Å². The van der Waals surface area contributed by atoms with Crippen molar-refractivity contribution >= 4 is 59.3 Å². The molecule has 9 nitrogen and oxygen atoms in total. The molecule has 12 heteroatoms. The Morgan fingerprint density at radius 2 is 2.05 bits per heavy atom. The fourth-order valence-corrected chi connectivity index (χ4v) is 6.07. The average molecular weight is 579 g/mol. The Balaban J connectivity index is 1.58. The normalized spacial score (nSPS) is 16.4. The first-order valence-electron chi connectivity index (χ1n) is 13.1. The molecule has 3 aromatic rings. The number of fused-ring (bicyclic) bond motifs is 1. The smallest absolute Gasteiger partial charge is 0.410 e. The number of anilines is 2. The van der Waals surface area contributed by atoms with E-state index in [-0.39, 0.29) is 12.0 Å². The molecule has 1 unspecified atom stereocenters. The monoisotopic (exact) mass is 578 g/mol. The first-order valence-corrected chi connectivity index (χ1v) is 17.9. The largest absolute Gasteiger partial charge is 0.444 e. The zero-order valence-corrected chi connectivity index (χ0v) is 26.0. The number of carbonyl (C=O) groups is 1. The third-order valence-corrected chi connectivity index (χ3v) is 9.04. The van der Waals surface area contributed by atoms with Crippen molar-refractivity contribution < 1.29 is 14.3 Å². The standard InChI is InChI=1S/C26H39ClN6O3SSi/c1-17-12-21(37-31-17)29-24-28-20(13-18-8-9-32(14-18)25(34)36-26(2,3)4)22-19(27)15-33(23(22)30-24)16-35-10-11-38(5,6)7/h12,15,18H,8-11,13-14,16H2,1-7H3,(H,28,29,30). The van der Waals surface area contributed by atoms with E-state index in [1.165, 1.54) is 11.5 Å². The highest BCUT2D eigenvalue weighted by molar-refractivity contribution is 7.10. The van der Waals surface area contributed by atoms with Gasteiger partial charge in [-0.3, -0.25) is 0 Å². The molecule has 1 atom stereocenters. The molecule has 0 aliphatic carbocycles. The summed E-state index contributed by atoms with van der Waals surface area (Å²) in [5, 5.41) is 5.63. The Kier molecular flexibility index (Phi) is 8.70. The highest BCUT2D eigenvalue weighted by Gasteiger charge is 2.31. The number of likely N-dealkylation sites (tertiary alicyclic amines) is 1. The molecule has 208 valence electrons. The number of hydrogen-bond donors (Lipinski definition) is 1. The van der Waals surface area contributed by atoms with E-state index < -0.39 is 13.7 Å². The van der Waals surface area contributed by atoms with E-state index in [1.54, 1.807) is 4.90 Å². The van der Waals surface area contributed by atoms with Crippen LogP contribution in [-0.4, -0.2) is 63.3 Å². The Hall–Kier alpha value is -2.21. The number of ether oxygens (including phenoxy) is 2. The van der Waals surface area contributed by atoms with E-state index in [1.807, 2.05) is 44.5 Å². The predicted octanol–water partition coefficient (Wildman–Crippen LogP) is 6.71. The van der Waals surface area contributed by atoms with Crippen molar-refractivity contribution in [1.82, 2.24) is 23.8 Å². The molecule has 3 aromatic heterocycles. The van der Waals surface area contributed by atoms with Gasteiger partial charge in [-0.25, -0.2) is 9.78 Å². The second kappa shape index (κ2) is 11.5. The average Bonchev–Trinajstić information content (AvgIpc) is 3.49. The molecule has 4 heterocycles. The first-order chi connectivity index (χ1) is 17.8. The summed E-state index contributed by atoms with van der Waals surface area (Å²) in [5.74, 6) is 0.739. The van der Waals surface area contributed by atoms with Crippen LogP contribution in [0.15, 0.2) is 12.3 Å². The van der Waals surface area contributed by atoms with Crippen molar-refractivity contribution in [1.29, 1.82) is 0 Å². The van der Waals surface area contributed by atoms with Crippen molar-refractivity contribution in [2.45, 2.75) is 78.6 Å². The Morgan fingerprint density at radius 3 is 2.71 bits per heavy atom. The zero-order chi connectivity index (χ0) is 27.7. The molecule has 1 fully saturated rings. The minimum absolute atomic E-state index is 0.242. The second-order valence-electron chi connectivity index (χ2n) is 12.2. The van der Waals surface area contributed by atoms with Crippen LogP contribution in [0.1, 0.15) is 38.6 Å². The van der Waals surface area contributed by atoms with Crippen LogP contribution in [0.5, 0.6) is 0 Å². The number of carbonyl (C=O) groups excluding carboxylic acids is 1. The molecule has 1 aliphatic heterocycles. The van der Waals surface area contributed by atoms with E-state index in [2.05, 4.69) is 29.3 Å². The van der Waals surface area contributed by atoms with Crippen LogP contribution in [0.25, 0.3) is 11.0 Å². The lowest BCUT2D eigenvalue weighted by Gasteiger charge is -2.24. The minimum atomic E-state index is -1.19. The summed E-state index contributed by atoms with van der Waals surface area (Å²) in [5.41, 5.74) is 2.02. The quantitative estimate of drug-likeness (QED) is 0.223. The first kappa shape index (κ1) is 28.8. The summed E-state index contributed by atoms with van der Waals surface area (Å²) in [6.07, 6.45) is 3.16. The Bertz CT molecular complexity index is 1280. The maximum Gasteiger partial charge on any atom is 0.410 e. The topological polar surface area (TPSA) is 94.4 Å². The lowest BCUT2D eigenvalue weighted by atomic mass is 10.0. The van der Waals surface area contributed by atoms with Crippen LogP contribution < -0.4 is 5.32 Å². The number of nitrogens with zero attached hydrogens (tertiary/aromatic N) is 5. The molecule has 0 aromatic carbocycles. The van der Waals surface area contributed by atoms with Gasteiger partial charge in [-0.1, -0.05) is 31.2 Å². The summed E-state index contributed by atoms with van der Waals surface area (Å²) in [4.78, 5) is 24.1. The number of amides is 1. The zero-order valence-electron chi connectivity index (χ0n) is 23.4. The van der Waals surface area contributed by atoms with E-state index in [0.29, 0.717) is 43.8 Å². The number of halogens is 1. The molecule has 1 aliphatic rings. The van der Waals surface area contributed by atoms with Gasteiger partial charge in [0, 0.05) is 34.0 Å². The number of aryl methyl sites for hydroxylation is 1. The predicted molar refractivity (Wildman–Crippen MR) is 156 cm³/mol. The van der Waals surface area contributed by atoms with Crippen LogP contribution in [0.4, 0.5) is 15.7 Å². The SMILES string of the molecule is Cc1cc(Nc2nc(CC3CCN(C(=O)OC(C)(C)C)C3)c3c(Cl)cn(COCC[Si](C)(C)C)c3n2)sn1. The minimum Gasteiger partial charge on any atom is -0.444 e. The number of aromatic nitrogens is 4. The van der Waals surface area contributed by atoms with E-state index >= 15 is 0 Å². The van der Waals surface area contributed by atoms with Gasteiger partial charge in [0.05, 0.1) is 21.8 Å². The van der Waals surface area contributed by atoms with Crippen LogP contribution in [0, 0.1) is 12.8 Å². The van der Waals surface area contributed by atoms with E-state index in [0.717, 1.165) is 39.9 Å². The fourth-order valence-electron chi connectivity index (χ4n) is 4.35. The second-order valence-corrected chi connectivity index (χ2v) is 19.1. The van der Waals surface area contributed by atoms with E-state index in [4.69, 9.17) is 31.0 Å². The summed E-state index contributed by atoms with van der Waals surface area (Å²) in [6.45, 7) is 17.0. The van der Waals surface area contributed by atoms with Gasteiger partial charge in [-0.2, -0.15) is 9.36 Å². The third kappa shape index (κ3) is 7.68. The summed E-state index contributed by atoms with van der Waals surface area (Å²) in [7, 11) is -1.19. The van der Waals surface area contributed by atoms with Crippen molar-refractivity contribution in [3.05, 3.63) is 28.7 Å². The Labute approximate surface area is 235 Å². The van der Waals surface area contributed by atoms with Gasteiger partial charge < -0.3 is 24.3 Å². The molecule has 4 rings (SSSR count). The molecule has 0 saturated carbocycles. The summed E-state index contributed by atoms with van der Waals surface area (Å²) < 4.78 is 17.9. The van der Waals surface area contributed by atoms with Gasteiger partial charge in [0.2, 0.25) is 5.95 Å². The number of hydrogen-bond acceptors (Lipinski definition) is 8. The van der Waals surface area contributed by atoms with E-state index in [9.17, 15) is 4.79 Å². The van der Waals surface area contributed by atoms with Gasteiger partial charge in [0.1, 0.15) is 23.0 Å². The highest BCUT2D eigenvalue weighted by Crippen LogP contribution is 2.33. The van der Waals surface area contributed by atoms with Crippen LogP contribution >= 0.6 is 23.1 Å². The maximum atomic E-state index is 12.6. The van der Waals surface area contributed by atoms with Crippen molar-refractivity contribution in [3.8, 4) is 0 Å². The molecule has 1 N–H and O–H groups in total. The van der Waals surface area contributed by atoms with Crippen molar-refractivity contribution in [3.63, 3.8) is 0 Å².